The van der Waals surface area contributed by atoms with E-state index in [0.29, 0.717) is 5.39 Å². The summed E-state index contributed by atoms with van der Waals surface area (Å²) >= 11 is 0. The predicted molar refractivity (Wildman–Crippen MR) is 62.2 cm³/mol. The Morgan fingerprint density at radius 3 is 2.05 bits per heavy atom. The number of carboxylic acids is 3. The average Bonchev–Trinajstić information content (AvgIpc) is 2.35. The van der Waals surface area contributed by atoms with Gasteiger partial charge in [0.15, 0.2) is 0 Å². The van der Waals surface area contributed by atoms with Crippen molar-refractivity contribution in [3.8, 4) is 0 Å². The topological polar surface area (TPSA) is 115 Å². The van der Waals surface area contributed by atoms with Gasteiger partial charge in [-0.3, -0.25) is 0 Å². The standard InChI is InChI=1S/C13H8O6.Na/c14-11(15)8-5-6-3-1-2-4-7(6)9(12(16)17)10(8)13(18)19;/h1-5H,(H,14,15)(H,16,17)(H,18,19);/q;+1/p-1. The van der Waals surface area contributed by atoms with Crippen LogP contribution in [0.5, 0.6) is 0 Å². The third-order valence-corrected chi connectivity index (χ3v) is 2.70. The molecule has 0 heterocycles. The van der Waals surface area contributed by atoms with Gasteiger partial charge in [-0.2, -0.15) is 0 Å². The van der Waals surface area contributed by atoms with Gasteiger partial charge in [-0.1, -0.05) is 24.3 Å². The Kier molecular flexibility index (Phi) is 4.88. The molecule has 0 aromatic heterocycles. The fourth-order valence-corrected chi connectivity index (χ4v) is 1.95. The molecule has 0 radical (unpaired) electrons. The Bertz CT molecular complexity index is 722. The summed E-state index contributed by atoms with van der Waals surface area (Å²) in [6.07, 6.45) is 0. The van der Waals surface area contributed by atoms with Gasteiger partial charge in [0.25, 0.3) is 0 Å². The molecule has 0 spiro atoms. The van der Waals surface area contributed by atoms with E-state index in [1.165, 1.54) is 18.2 Å². The Hall–Kier alpha value is -1.89. The SMILES string of the molecule is O=C(O)c1cc2ccccc2c(C(=O)[O-])c1C(=O)O.[Na+]. The van der Waals surface area contributed by atoms with Gasteiger partial charge in [0.1, 0.15) is 0 Å². The summed E-state index contributed by atoms with van der Waals surface area (Å²) in [5.74, 6) is -4.86. The number of fused-ring (bicyclic) bond motifs is 1. The summed E-state index contributed by atoms with van der Waals surface area (Å²) in [6, 6.07) is 7.15. The fraction of sp³-hybridized carbons (Fsp3) is 0. The molecular weight excluding hydrogens is 275 g/mol. The molecule has 2 rings (SSSR count). The molecule has 2 N–H and O–H groups in total. The zero-order chi connectivity index (χ0) is 14.2. The van der Waals surface area contributed by atoms with E-state index in [0.717, 1.165) is 6.07 Å². The Labute approximate surface area is 134 Å². The van der Waals surface area contributed by atoms with Crippen molar-refractivity contribution >= 4 is 28.7 Å². The maximum Gasteiger partial charge on any atom is 1.00 e. The molecule has 0 saturated heterocycles. The maximum atomic E-state index is 11.1. The minimum atomic E-state index is -1.73. The predicted octanol–water partition coefficient (Wildman–Crippen LogP) is -2.40. The van der Waals surface area contributed by atoms with E-state index in [9.17, 15) is 19.5 Å². The molecule has 20 heavy (non-hydrogen) atoms. The molecule has 7 heteroatoms. The zero-order valence-electron chi connectivity index (χ0n) is 10.4. The number of carbonyl (C=O) groups excluding carboxylic acids is 1. The zero-order valence-corrected chi connectivity index (χ0v) is 12.4. The molecule has 0 unspecified atom stereocenters. The third-order valence-electron chi connectivity index (χ3n) is 2.70. The van der Waals surface area contributed by atoms with Gasteiger partial charge in [-0.15, -0.1) is 0 Å². The number of hydrogen-bond donors (Lipinski definition) is 2. The van der Waals surface area contributed by atoms with Crippen LogP contribution in [0.2, 0.25) is 0 Å². The van der Waals surface area contributed by atoms with Crippen LogP contribution in [-0.2, 0) is 0 Å². The summed E-state index contributed by atoms with van der Waals surface area (Å²) < 4.78 is 0. The normalized spacial score (nSPS) is 9.80. The molecule has 2 aromatic carbocycles. The minimum Gasteiger partial charge on any atom is -0.545 e. The molecule has 0 fully saturated rings. The molecule has 96 valence electrons. The smallest absolute Gasteiger partial charge is 0.545 e. The summed E-state index contributed by atoms with van der Waals surface area (Å²) in [7, 11) is 0. The Morgan fingerprint density at radius 2 is 1.55 bits per heavy atom. The van der Waals surface area contributed by atoms with E-state index in [1.807, 2.05) is 0 Å². The largest absolute Gasteiger partial charge is 1.00 e. The second-order valence-corrected chi connectivity index (χ2v) is 3.79. The van der Waals surface area contributed by atoms with Crippen molar-refractivity contribution in [3.05, 3.63) is 47.0 Å². The molecule has 0 aliphatic heterocycles. The molecular formula is C13H7NaO6. The van der Waals surface area contributed by atoms with Crippen LogP contribution in [0.3, 0.4) is 0 Å². The van der Waals surface area contributed by atoms with Gasteiger partial charge in [0.05, 0.1) is 17.1 Å². The van der Waals surface area contributed by atoms with Crippen LogP contribution >= 0.6 is 0 Å². The molecule has 0 saturated carbocycles. The molecule has 0 aliphatic carbocycles. The van der Waals surface area contributed by atoms with Gasteiger partial charge >= 0.3 is 41.5 Å². The number of benzene rings is 2. The van der Waals surface area contributed by atoms with Crippen molar-refractivity contribution in [2.75, 3.05) is 0 Å². The average molecular weight is 282 g/mol. The minimum absolute atomic E-state index is 0. The van der Waals surface area contributed by atoms with Crippen LogP contribution in [-0.4, -0.2) is 28.1 Å². The first kappa shape index (κ1) is 16.2. The van der Waals surface area contributed by atoms with Crippen molar-refractivity contribution in [1.82, 2.24) is 0 Å². The fourth-order valence-electron chi connectivity index (χ4n) is 1.95. The molecule has 0 amide bonds. The number of carbonyl (C=O) groups is 3. The monoisotopic (exact) mass is 282 g/mol. The second-order valence-electron chi connectivity index (χ2n) is 3.79. The molecule has 2 aromatic rings. The number of hydrogen-bond acceptors (Lipinski definition) is 4. The Morgan fingerprint density at radius 1 is 0.950 bits per heavy atom. The van der Waals surface area contributed by atoms with E-state index < -0.39 is 34.6 Å². The van der Waals surface area contributed by atoms with E-state index in [-0.39, 0.29) is 34.9 Å². The molecule has 0 aliphatic rings. The van der Waals surface area contributed by atoms with Crippen LogP contribution < -0.4 is 34.7 Å². The van der Waals surface area contributed by atoms with Gasteiger partial charge in [0.2, 0.25) is 0 Å². The second kappa shape index (κ2) is 6.04. The number of aromatic carboxylic acids is 3. The third kappa shape index (κ3) is 2.67. The number of rotatable bonds is 3. The van der Waals surface area contributed by atoms with Crippen LogP contribution in [0.1, 0.15) is 31.1 Å². The summed E-state index contributed by atoms with van der Waals surface area (Å²) in [4.78, 5) is 33.4. The summed E-state index contributed by atoms with van der Waals surface area (Å²) in [6.45, 7) is 0. The van der Waals surface area contributed by atoms with Gasteiger partial charge in [-0.05, 0) is 16.8 Å². The quantitative estimate of drug-likeness (QED) is 0.607. The summed E-state index contributed by atoms with van der Waals surface area (Å²) in [5, 5.41) is 29.7. The van der Waals surface area contributed by atoms with Gasteiger partial charge in [-0.25, -0.2) is 9.59 Å². The first-order chi connectivity index (χ1) is 8.93. The van der Waals surface area contributed by atoms with Crippen molar-refractivity contribution < 1.29 is 59.3 Å². The van der Waals surface area contributed by atoms with E-state index in [1.54, 1.807) is 6.07 Å². The molecule has 0 atom stereocenters. The maximum absolute atomic E-state index is 11.1. The van der Waals surface area contributed by atoms with E-state index in [2.05, 4.69) is 0 Å². The van der Waals surface area contributed by atoms with Crippen LogP contribution in [0.15, 0.2) is 30.3 Å². The van der Waals surface area contributed by atoms with Crippen LogP contribution in [0, 0.1) is 0 Å². The first-order valence-corrected chi connectivity index (χ1v) is 5.17. The number of carboxylic acid groups (broad SMARTS) is 3. The van der Waals surface area contributed by atoms with Crippen molar-refractivity contribution in [2.45, 2.75) is 0 Å². The molecule has 6 nitrogen and oxygen atoms in total. The van der Waals surface area contributed by atoms with Gasteiger partial charge < -0.3 is 20.1 Å². The van der Waals surface area contributed by atoms with Crippen LogP contribution in [0.25, 0.3) is 10.8 Å². The van der Waals surface area contributed by atoms with Crippen molar-refractivity contribution in [2.24, 2.45) is 0 Å². The first-order valence-electron chi connectivity index (χ1n) is 5.17. The van der Waals surface area contributed by atoms with Gasteiger partial charge in [0, 0.05) is 5.56 Å². The van der Waals surface area contributed by atoms with E-state index in [4.69, 9.17) is 10.2 Å². The van der Waals surface area contributed by atoms with Crippen molar-refractivity contribution in [1.29, 1.82) is 0 Å². The van der Waals surface area contributed by atoms with E-state index >= 15 is 0 Å². The Balaban J connectivity index is 0.00000200. The molecule has 0 bridgehead atoms. The summed E-state index contributed by atoms with van der Waals surface area (Å²) in [5.41, 5.74) is -1.97. The van der Waals surface area contributed by atoms with Crippen molar-refractivity contribution in [3.63, 3.8) is 0 Å². The van der Waals surface area contributed by atoms with Crippen LogP contribution in [0.4, 0.5) is 0 Å².